The highest BCUT2D eigenvalue weighted by atomic mass is 35.5. The van der Waals surface area contributed by atoms with Gasteiger partial charge in [0.05, 0.1) is 17.4 Å². The van der Waals surface area contributed by atoms with Crippen molar-refractivity contribution < 1.29 is 9.18 Å². The highest BCUT2D eigenvalue weighted by molar-refractivity contribution is 6.31. The van der Waals surface area contributed by atoms with E-state index in [-0.39, 0.29) is 10.9 Å². The molecule has 0 spiro atoms. The van der Waals surface area contributed by atoms with E-state index in [0.29, 0.717) is 23.5 Å². The van der Waals surface area contributed by atoms with Crippen LogP contribution in [0.4, 0.5) is 15.8 Å². The van der Waals surface area contributed by atoms with Crippen LogP contribution in [0.3, 0.4) is 0 Å². The lowest BCUT2D eigenvalue weighted by molar-refractivity contribution is 0.102. The molecule has 4 nitrogen and oxygen atoms in total. The van der Waals surface area contributed by atoms with Crippen molar-refractivity contribution >= 4 is 28.9 Å². The van der Waals surface area contributed by atoms with Crippen molar-refractivity contribution in [2.75, 3.05) is 17.2 Å². The maximum atomic E-state index is 13.2. The third-order valence-corrected chi connectivity index (χ3v) is 2.77. The first-order chi connectivity index (χ1) is 9.60. The van der Waals surface area contributed by atoms with Crippen molar-refractivity contribution in [1.29, 1.82) is 0 Å². The van der Waals surface area contributed by atoms with Gasteiger partial charge in [-0.15, -0.1) is 0 Å². The van der Waals surface area contributed by atoms with E-state index in [1.165, 1.54) is 24.4 Å². The van der Waals surface area contributed by atoms with Gasteiger partial charge in [0.1, 0.15) is 5.82 Å². The molecule has 1 aromatic heterocycles. The van der Waals surface area contributed by atoms with E-state index in [1.54, 1.807) is 12.3 Å². The van der Waals surface area contributed by atoms with Crippen LogP contribution < -0.4 is 10.6 Å². The van der Waals surface area contributed by atoms with E-state index in [9.17, 15) is 9.18 Å². The zero-order chi connectivity index (χ0) is 14.5. The molecule has 1 amide bonds. The molecule has 0 fully saturated rings. The number of aromatic nitrogens is 1. The van der Waals surface area contributed by atoms with E-state index in [1.807, 2.05) is 6.92 Å². The molecule has 1 heterocycles. The first-order valence-electron chi connectivity index (χ1n) is 6.05. The average molecular weight is 294 g/mol. The quantitative estimate of drug-likeness (QED) is 0.906. The Morgan fingerprint density at radius 3 is 2.90 bits per heavy atom. The predicted molar refractivity (Wildman–Crippen MR) is 77.8 cm³/mol. The number of anilines is 2. The van der Waals surface area contributed by atoms with Crippen LogP contribution in [0.5, 0.6) is 0 Å². The molecular formula is C14H13ClFN3O. The van der Waals surface area contributed by atoms with Crippen molar-refractivity contribution in [2.24, 2.45) is 0 Å². The summed E-state index contributed by atoms with van der Waals surface area (Å²) in [5.41, 5.74) is 1.36. The molecule has 0 aliphatic carbocycles. The Hall–Kier alpha value is -2.14. The van der Waals surface area contributed by atoms with Crippen LogP contribution in [0, 0.1) is 5.82 Å². The predicted octanol–water partition coefficient (Wildman–Crippen LogP) is 3.56. The van der Waals surface area contributed by atoms with Crippen LogP contribution in [-0.4, -0.2) is 17.4 Å². The number of amides is 1. The number of rotatable bonds is 4. The van der Waals surface area contributed by atoms with Crippen LogP contribution in [0.2, 0.25) is 5.02 Å². The topological polar surface area (TPSA) is 54.0 Å². The molecule has 0 aliphatic rings. The molecule has 6 heteroatoms. The van der Waals surface area contributed by atoms with Gasteiger partial charge in [0.2, 0.25) is 0 Å². The van der Waals surface area contributed by atoms with Gasteiger partial charge in [0.25, 0.3) is 5.91 Å². The molecule has 0 unspecified atom stereocenters. The maximum Gasteiger partial charge on any atom is 0.257 e. The Morgan fingerprint density at radius 1 is 1.40 bits per heavy atom. The summed E-state index contributed by atoms with van der Waals surface area (Å²) in [5.74, 6) is -0.862. The van der Waals surface area contributed by atoms with Crippen molar-refractivity contribution in [2.45, 2.75) is 6.92 Å². The molecule has 0 saturated carbocycles. The normalized spacial score (nSPS) is 10.2. The monoisotopic (exact) mass is 293 g/mol. The minimum atomic E-state index is -0.505. The molecule has 0 radical (unpaired) electrons. The summed E-state index contributed by atoms with van der Waals surface area (Å²) in [5, 5.41) is 5.87. The SMILES string of the molecule is CCNc1cnccc1C(=O)Nc1cc(F)cc(Cl)c1. The number of nitrogens with zero attached hydrogens (tertiary/aromatic N) is 1. The fourth-order valence-electron chi connectivity index (χ4n) is 1.75. The first-order valence-corrected chi connectivity index (χ1v) is 6.43. The first kappa shape index (κ1) is 14.3. The second-order valence-corrected chi connectivity index (χ2v) is 4.50. The van der Waals surface area contributed by atoms with Crippen molar-refractivity contribution in [3.8, 4) is 0 Å². The van der Waals surface area contributed by atoms with Crippen LogP contribution in [-0.2, 0) is 0 Å². The van der Waals surface area contributed by atoms with Crippen LogP contribution in [0.1, 0.15) is 17.3 Å². The smallest absolute Gasteiger partial charge is 0.257 e. The average Bonchev–Trinajstić information content (AvgIpc) is 2.38. The number of carbonyl (C=O) groups excluding carboxylic acids is 1. The second kappa shape index (κ2) is 6.34. The number of hydrogen-bond acceptors (Lipinski definition) is 3. The molecule has 2 N–H and O–H groups in total. The number of nitrogens with one attached hydrogen (secondary N) is 2. The van der Waals surface area contributed by atoms with Crippen molar-refractivity contribution in [1.82, 2.24) is 4.98 Å². The Morgan fingerprint density at radius 2 is 2.20 bits per heavy atom. The Bertz CT molecular complexity index is 613. The molecule has 2 aromatic rings. The standard InChI is InChI=1S/C14H13ClFN3O/c1-2-18-13-8-17-4-3-12(13)14(20)19-11-6-9(15)5-10(16)7-11/h3-8,18H,2H2,1H3,(H,19,20). The lowest BCUT2D eigenvalue weighted by Crippen LogP contribution is -2.15. The van der Waals surface area contributed by atoms with Crippen molar-refractivity contribution in [3.05, 3.63) is 53.1 Å². The van der Waals surface area contributed by atoms with Gasteiger partial charge in [-0.3, -0.25) is 9.78 Å². The molecule has 104 valence electrons. The Kier molecular flexibility index (Phi) is 4.53. The van der Waals surface area contributed by atoms with Gasteiger partial charge in [-0.25, -0.2) is 4.39 Å². The number of pyridine rings is 1. The van der Waals surface area contributed by atoms with E-state index in [0.717, 1.165) is 0 Å². The molecule has 1 aromatic carbocycles. The molecule has 0 atom stereocenters. The van der Waals surface area contributed by atoms with Gasteiger partial charge in [0.15, 0.2) is 0 Å². The van der Waals surface area contributed by atoms with Gasteiger partial charge < -0.3 is 10.6 Å². The van der Waals surface area contributed by atoms with Gasteiger partial charge in [-0.2, -0.15) is 0 Å². The summed E-state index contributed by atoms with van der Waals surface area (Å²) < 4.78 is 13.2. The van der Waals surface area contributed by atoms with Crippen molar-refractivity contribution in [3.63, 3.8) is 0 Å². The van der Waals surface area contributed by atoms with Crippen LogP contribution >= 0.6 is 11.6 Å². The van der Waals surface area contributed by atoms with E-state index in [4.69, 9.17) is 11.6 Å². The Labute approximate surface area is 121 Å². The summed E-state index contributed by atoms with van der Waals surface area (Å²) in [6.45, 7) is 2.58. The zero-order valence-corrected chi connectivity index (χ0v) is 11.5. The lowest BCUT2D eigenvalue weighted by Gasteiger charge is -2.10. The largest absolute Gasteiger partial charge is 0.383 e. The summed E-state index contributed by atoms with van der Waals surface area (Å²) in [4.78, 5) is 16.1. The minimum absolute atomic E-state index is 0.224. The van der Waals surface area contributed by atoms with Gasteiger partial charge in [-0.1, -0.05) is 11.6 Å². The summed E-state index contributed by atoms with van der Waals surface area (Å²) in [6, 6.07) is 5.45. The Balaban J connectivity index is 2.23. The third kappa shape index (κ3) is 3.45. The molecular weight excluding hydrogens is 281 g/mol. The number of carbonyl (C=O) groups is 1. The van der Waals surface area contributed by atoms with Crippen LogP contribution in [0.15, 0.2) is 36.7 Å². The molecule has 0 saturated heterocycles. The highest BCUT2D eigenvalue weighted by Gasteiger charge is 2.12. The molecule has 0 aliphatic heterocycles. The van der Waals surface area contributed by atoms with E-state index in [2.05, 4.69) is 15.6 Å². The summed E-state index contributed by atoms with van der Waals surface area (Å²) in [7, 11) is 0. The number of benzene rings is 1. The van der Waals surface area contributed by atoms with Gasteiger partial charge in [0, 0.05) is 23.5 Å². The van der Waals surface area contributed by atoms with E-state index < -0.39 is 5.82 Å². The maximum absolute atomic E-state index is 13.2. The molecule has 0 bridgehead atoms. The minimum Gasteiger partial charge on any atom is -0.383 e. The van der Waals surface area contributed by atoms with Gasteiger partial charge >= 0.3 is 0 Å². The summed E-state index contributed by atoms with van der Waals surface area (Å²) >= 11 is 5.75. The second-order valence-electron chi connectivity index (χ2n) is 4.06. The lowest BCUT2D eigenvalue weighted by atomic mass is 10.2. The summed E-state index contributed by atoms with van der Waals surface area (Å²) in [6.07, 6.45) is 3.09. The fourth-order valence-corrected chi connectivity index (χ4v) is 1.97. The number of halogens is 2. The number of hydrogen-bond donors (Lipinski definition) is 2. The molecule has 20 heavy (non-hydrogen) atoms. The molecule has 2 rings (SSSR count). The van der Waals surface area contributed by atoms with Crippen LogP contribution in [0.25, 0.3) is 0 Å². The van der Waals surface area contributed by atoms with E-state index >= 15 is 0 Å². The third-order valence-electron chi connectivity index (χ3n) is 2.55. The van der Waals surface area contributed by atoms with Gasteiger partial charge in [-0.05, 0) is 31.2 Å². The highest BCUT2D eigenvalue weighted by Crippen LogP contribution is 2.20. The zero-order valence-electron chi connectivity index (χ0n) is 10.8. The fraction of sp³-hybridized carbons (Fsp3) is 0.143.